The summed E-state index contributed by atoms with van der Waals surface area (Å²) in [6, 6.07) is 14.5. The fourth-order valence-electron chi connectivity index (χ4n) is 3.36. The van der Waals surface area contributed by atoms with Crippen molar-refractivity contribution < 1.29 is 9.59 Å². The molecule has 0 radical (unpaired) electrons. The Bertz CT molecular complexity index is 804. The highest BCUT2D eigenvalue weighted by atomic mass is 79.9. The zero-order valence-corrected chi connectivity index (χ0v) is 15.9. The molecule has 4 nitrogen and oxygen atoms in total. The zero-order chi connectivity index (χ0) is 17.9. The van der Waals surface area contributed by atoms with Crippen molar-refractivity contribution in [2.75, 3.05) is 0 Å². The van der Waals surface area contributed by atoms with E-state index in [1.54, 1.807) is 24.3 Å². The maximum absolute atomic E-state index is 12.9. The van der Waals surface area contributed by atoms with Gasteiger partial charge in [0.25, 0.3) is 5.91 Å². The van der Waals surface area contributed by atoms with Gasteiger partial charge < -0.3 is 0 Å². The average molecular weight is 422 g/mol. The second-order valence-electron chi connectivity index (χ2n) is 6.19. The van der Waals surface area contributed by atoms with E-state index in [-0.39, 0.29) is 5.91 Å². The topological polar surface area (TPSA) is 58.2 Å². The van der Waals surface area contributed by atoms with Crippen LogP contribution in [0.15, 0.2) is 53.0 Å². The molecule has 1 aliphatic carbocycles. The van der Waals surface area contributed by atoms with Gasteiger partial charge in [-0.15, -0.1) is 0 Å². The van der Waals surface area contributed by atoms with Crippen molar-refractivity contribution in [3.63, 3.8) is 0 Å². The molecule has 0 aliphatic heterocycles. The van der Waals surface area contributed by atoms with Gasteiger partial charge in [-0.05, 0) is 42.7 Å². The standard InChI is InChI=1S/C19H18BrClN2O2/c20-14-7-5-6-13(12-14)19(10-3-4-11-19)18(25)23-22-17(24)15-8-1-2-9-16(15)21/h1-2,5-9,12H,3-4,10-11H2,(H,22,24)(H,23,25). The number of rotatable bonds is 3. The van der Waals surface area contributed by atoms with Crippen LogP contribution in [0.3, 0.4) is 0 Å². The predicted octanol–water partition coefficient (Wildman–Crippen LogP) is 4.38. The van der Waals surface area contributed by atoms with Crippen molar-refractivity contribution in [3.8, 4) is 0 Å². The molecule has 1 fully saturated rings. The van der Waals surface area contributed by atoms with E-state index in [4.69, 9.17) is 11.6 Å². The number of amides is 2. The van der Waals surface area contributed by atoms with E-state index < -0.39 is 11.3 Å². The second-order valence-corrected chi connectivity index (χ2v) is 7.51. The summed E-state index contributed by atoms with van der Waals surface area (Å²) in [5.74, 6) is -0.621. The number of hydrogen-bond acceptors (Lipinski definition) is 2. The predicted molar refractivity (Wildman–Crippen MR) is 101 cm³/mol. The van der Waals surface area contributed by atoms with Crippen LogP contribution in [0, 0.1) is 0 Å². The number of hydrogen-bond donors (Lipinski definition) is 2. The molecule has 2 aromatic rings. The van der Waals surface area contributed by atoms with Crippen molar-refractivity contribution in [2.24, 2.45) is 0 Å². The Morgan fingerprint density at radius 1 is 1.00 bits per heavy atom. The highest BCUT2D eigenvalue weighted by Crippen LogP contribution is 2.41. The number of nitrogens with one attached hydrogen (secondary N) is 2. The molecule has 1 aliphatic rings. The third-order valence-electron chi connectivity index (χ3n) is 4.68. The minimum absolute atomic E-state index is 0.191. The van der Waals surface area contributed by atoms with Crippen LogP contribution < -0.4 is 10.9 Å². The van der Waals surface area contributed by atoms with Crippen molar-refractivity contribution in [1.29, 1.82) is 0 Å². The van der Waals surface area contributed by atoms with Crippen molar-refractivity contribution in [3.05, 3.63) is 69.2 Å². The molecule has 0 atom stereocenters. The van der Waals surface area contributed by atoms with Crippen molar-refractivity contribution in [2.45, 2.75) is 31.1 Å². The summed E-state index contributed by atoms with van der Waals surface area (Å²) in [5.41, 5.74) is 5.76. The largest absolute Gasteiger partial charge is 0.272 e. The van der Waals surface area contributed by atoms with Gasteiger partial charge >= 0.3 is 0 Å². The van der Waals surface area contributed by atoms with Gasteiger partial charge in [0.1, 0.15) is 0 Å². The van der Waals surface area contributed by atoms with Gasteiger partial charge in [-0.1, -0.05) is 64.6 Å². The van der Waals surface area contributed by atoms with Gasteiger partial charge in [-0.2, -0.15) is 0 Å². The number of benzene rings is 2. The Hall–Kier alpha value is -1.85. The summed E-state index contributed by atoms with van der Waals surface area (Å²) in [6.45, 7) is 0. The highest BCUT2D eigenvalue weighted by molar-refractivity contribution is 9.10. The van der Waals surface area contributed by atoms with E-state index in [0.29, 0.717) is 10.6 Å². The molecule has 2 N–H and O–H groups in total. The summed E-state index contributed by atoms with van der Waals surface area (Å²) < 4.78 is 0.934. The molecule has 2 amide bonds. The number of carbonyl (C=O) groups excluding carboxylic acids is 2. The van der Waals surface area contributed by atoms with Crippen LogP contribution in [-0.2, 0) is 10.2 Å². The van der Waals surface area contributed by atoms with Gasteiger partial charge in [0, 0.05) is 4.47 Å². The van der Waals surface area contributed by atoms with E-state index in [1.807, 2.05) is 24.3 Å². The average Bonchev–Trinajstić information content (AvgIpc) is 3.11. The molecule has 0 heterocycles. The lowest BCUT2D eigenvalue weighted by Crippen LogP contribution is -2.50. The molecule has 130 valence electrons. The van der Waals surface area contributed by atoms with Gasteiger partial charge in [0.05, 0.1) is 16.0 Å². The molecule has 25 heavy (non-hydrogen) atoms. The molecule has 6 heteroatoms. The Morgan fingerprint density at radius 2 is 1.72 bits per heavy atom. The first-order valence-electron chi connectivity index (χ1n) is 8.14. The van der Waals surface area contributed by atoms with Gasteiger partial charge in [0.15, 0.2) is 0 Å². The molecule has 0 bridgehead atoms. The van der Waals surface area contributed by atoms with Crippen LogP contribution in [0.1, 0.15) is 41.6 Å². The first-order chi connectivity index (χ1) is 12.0. The maximum atomic E-state index is 12.9. The third-order valence-corrected chi connectivity index (χ3v) is 5.50. The molecule has 2 aromatic carbocycles. The summed E-state index contributed by atoms with van der Waals surface area (Å²) in [4.78, 5) is 25.2. The Kier molecular flexibility index (Phi) is 5.45. The molecule has 0 aromatic heterocycles. The van der Waals surface area contributed by atoms with E-state index in [1.165, 1.54) is 0 Å². The van der Waals surface area contributed by atoms with E-state index >= 15 is 0 Å². The molecule has 3 rings (SSSR count). The monoisotopic (exact) mass is 420 g/mol. The molecular formula is C19H18BrClN2O2. The lowest BCUT2D eigenvalue weighted by Gasteiger charge is -2.28. The van der Waals surface area contributed by atoms with Crippen molar-refractivity contribution in [1.82, 2.24) is 10.9 Å². The van der Waals surface area contributed by atoms with Crippen LogP contribution in [0.2, 0.25) is 5.02 Å². The second kappa shape index (κ2) is 7.58. The minimum Gasteiger partial charge on any atom is -0.272 e. The van der Waals surface area contributed by atoms with Crippen LogP contribution in [0.25, 0.3) is 0 Å². The van der Waals surface area contributed by atoms with E-state index in [2.05, 4.69) is 26.8 Å². The molecule has 0 spiro atoms. The Morgan fingerprint density at radius 3 is 2.40 bits per heavy atom. The quantitative estimate of drug-likeness (QED) is 0.723. The van der Waals surface area contributed by atoms with Gasteiger partial charge in [0.2, 0.25) is 5.91 Å². The summed E-state index contributed by atoms with van der Waals surface area (Å²) in [6.07, 6.45) is 3.49. The first-order valence-corrected chi connectivity index (χ1v) is 9.31. The summed E-state index contributed by atoms with van der Waals surface area (Å²) >= 11 is 9.49. The van der Waals surface area contributed by atoms with E-state index in [0.717, 1.165) is 35.7 Å². The van der Waals surface area contributed by atoms with Gasteiger partial charge in [-0.3, -0.25) is 20.4 Å². The maximum Gasteiger partial charge on any atom is 0.271 e. The third kappa shape index (κ3) is 3.72. The Labute approximate surface area is 160 Å². The fraction of sp³-hybridized carbons (Fsp3) is 0.263. The molecule has 0 unspecified atom stereocenters. The smallest absolute Gasteiger partial charge is 0.271 e. The summed E-state index contributed by atoms with van der Waals surface area (Å²) in [7, 11) is 0. The summed E-state index contributed by atoms with van der Waals surface area (Å²) in [5, 5.41) is 0.344. The van der Waals surface area contributed by atoms with Crippen molar-refractivity contribution >= 4 is 39.3 Å². The lowest BCUT2D eigenvalue weighted by molar-refractivity contribution is -0.127. The van der Waals surface area contributed by atoms with Crippen LogP contribution in [-0.4, -0.2) is 11.8 Å². The minimum atomic E-state index is -0.614. The number of halogens is 2. The molecular weight excluding hydrogens is 404 g/mol. The highest BCUT2D eigenvalue weighted by Gasteiger charge is 2.43. The van der Waals surface area contributed by atoms with Crippen LogP contribution in [0.4, 0.5) is 0 Å². The normalized spacial score (nSPS) is 15.6. The lowest BCUT2D eigenvalue weighted by atomic mass is 9.78. The fourth-order valence-corrected chi connectivity index (χ4v) is 3.98. The molecule has 0 saturated heterocycles. The SMILES string of the molecule is O=C(NNC(=O)C1(c2cccc(Br)c2)CCCC1)c1ccccc1Cl. The zero-order valence-electron chi connectivity index (χ0n) is 13.5. The number of hydrazine groups is 1. The van der Waals surface area contributed by atoms with Crippen LogP contribution >= 0.6 is 27.5 Å². The number of carbonyl (C=O) groups is 2. The van der Waals surface area contributed by atoms with E-state index in [9.17, 15) is 9.59 Å². The van der Waals surface area contributed by atoms with Gasteiger partial charge in [-0.25, -0.2) is 0 Å². The van der Waals surface area contributed by atoms with Crippen LogP contribution in [0.5, 0.6) is 0 Å². The molecule has 1 saturated carbocycles. The first kappa shape index (κ1) is 18.0. The Balaban J connectivity index is 1.76.